The summed E-state index contributed by atoms with van der Waals surface area (Å²) in [7, 11) is 0. The molecule has 62 valence electrons. The summed E-state index contributed by atoms with van der Waals surface area (Å²) in [6.07, 6.45) is 0. The van der Waals surface area contributed by atoms with E-state index in [-0.39, 0.29) is 0 Å². The van der Waals surface area contributed by atoms with Crippen LogP contribution in [-0.2, 0) is 4.79 Å². The number of thiophene rings is 1. The van der Waals surface area contributed by atoms with Crippen LogP contribution in [0.25, 0.3) is 0 Å². The Kier molecular flexibility index (Phi) is 2.74. The van der Waals surface area contributed by atoms with Gasteiger partial charge in [0.2, 0.25) is 0 Å². The van der Waals surface area contributed by atoms with Crippen molar-refractivity contribution >= 4 is 28.9 Å². The van der Waals surface area contributed by atoms with Gasteiger partial charge in [-0.25, -0.2) is 4.79 Å². The van der Waals surface area contributed by atoms with E-state index in [0.29, 0.717) is 9.90 Å². The van der Waals surface area contributed by atoms with Gasteiger partial charge in [0.15, 0.2) is 0 Å². The van der Waals surface area contributed by atoms with Gasteiger partial charge in [-0.1, -0.05) is 11.6 Å². The molecule has 1 heterocycles. The molecule has 12 heavy (non-hydrogen) atoms. The highest BCUT2D eigenvalue weighted by molar-refractivity contribution is 7.13. The van der Waals surface area contributed by atoms with Crippen LogP contribution in [0.2, 0.25) is 5.02 Å². The van der Waals surface area contributed by atoms with Crippen molar-refractivity contribution < 1.29 is 9.90 Å². The van der Waals surface area contributed by atoms with E-state index in [0.717, 1.165) is 4.88 Å². The Morgan fingerprint density at radius 2 is 2.42 bits per heavy atom. The molecule has 0 bridgehead atoms. The maximum Gasteiger partial charge on any atom is 0.382 e. The van der Waals surface area contributed by atoms with Crippen LogP contribution in [0, 0.1) is 18.8 Å². The SMILES string of the molecule is Cc1sc(C#CC(=O)O)cc1Cl. The van der Waals surface area contributed by atoms with Crippen LogP contribution in [0.4, 0.5) is 0 Å². The Labute approximate surface area is 78.8 Å². The number of aryl methyl sites for hydroxylation is 1. The van der Waals surface area contributed by atoms with E-state index in [9.17, 15) is 4.79 Å². The summed E-state index contributed by atoms with van der Waals surface area (Å²) in [4.78, 5) is 11.7. The standard InChI is InChI=1S/C8H5ClO2S/c1-5-7(9)4-6(12-5)2-3-8(10)11/h4H,1H3,(H,10,11). The fourth-order valence-corrected chi connectivity index (χ4v) is 1.69. The van der Waals surface area contributed by atoms with Gasteiger partial charge >= 0.3 is 5.97 Å². The minimum Gasteiger partial charge on any atom is -0.472 e. The first-order valence-corrected chi connectivity index (χ1v) is 4.30. The summed E-state index contributed by atoms with van der Waals surface area (Å²) >= 11 is 7.13. The summed E-state index contributed by atoms with van der Waals surface area (Å²) in [6, 6.07) is 1.66. The molecular weight excluding hydrogens is 196 g/mol. The lowest BCUT2D eigenvalue weighted by Crippen LogP contribution is -1.85. The molecule has 0 aromatic carbocycles. The van der Waals surface area contributed by atoms with Crippen LogP contribution in [-0.4, -0.2) is 11.1 Å². The second-order valence-electron chi connectivity index (χ2n) is 2.07. The van der Waals surface area contributed by atoms with Crippen molar-refractivity contribution in [2.75, 3.05) is 0 Å². The lowest BCUT2D eigenvalue weighted by Gasteiger charge is -1.76. The molecule has 0 aliphatic carbocycles. The van der Waals surface area contributed by atoms with Gasteiger partial charge < -0.3 is 5.11 Å². The van der Waals surface area contributed by atoms with Crippen molar-refractivity contribution in [2.45, 2.75) is 6.92 Å². The Hall–Kier alpha value is -0.980. The Morgan fingerprint density at radius 1 is 1.75 bits per heavy atom. The normalized spacial score (nSPS) is 8.83. The smallest absolute Gasteiger partial charge is 0.382 e. The van der Waals surface area contributed by atoms with Crippen LogP contribution in [0.1, 0.15) is 9.75 Å². The number of aliphatic carboxylic acids is 1. The van der Waals surface area contributed by atoms with Crippen LogP contribution < -0.4 is 0 Å². The summed E-state index contributed by atoms with van der Waals surface area (Å²) in [6.45, 7) is 1.86. The second kappa shape index (κ2) is 3.61. The number of carboxylic acids is 1. The minimum atomic E-state index is -1.13. The average molecular weight is 201 g/mol. The summed E-state index contributed by atoms with van der Waals surface area (Å²) in [5.41, 5.74) is 0. The topological polar surface area (TPSA) is 37.3 Å². The first kappa shape index (κ1) is 9.11. The van der Waals surface area contributed by atoms with E-state index in [4.69, 9.17) is 16.7 Å². The van der Waals surface area contributed by atoms with Gasteiger partial charge in [-0.2, -0.15) is 0 Å². The van der Waals surface area contributed by atoms with E-state index in [1.165, 1.54) is 11.3 Å². The maximum absolute atomic E-state index is 10.1. The highest BCUT2D eigenvalue weighted by atomic mass is 35.5. The molecule has 0 radical (unpaired) electrons. The number of hydrogen-bond acceptors (Lipinski definition) is 2. The lowest BCUT2D eigenvalue weighted by molar-refractivity contribution is -0.130. The van der Waals surface area contributed by atoms with E-state index in [1.54, 1.807) is 6.07 Å². The molecular formula is C8H5ClO2S. The van der Waals surface area contributed by atoms with Crippen molar-refractivity contribution in [2.24, 2.45) is 0 Å². The number of carbonyl (C=O) groups is 1. The van der Waals surface area contributed by atoms with Gasteiger partial charge in [-0.3, -0.25) is 0 Å². The van der Waals surface area contributed by atoms with Crippen molar-refractivity contribution in [3.63, 3.8) is 0 Å². The zero-order chi connectivity index (χ0) is 9.14. The number of halogens is 1. The predicted octanol–water partition coefficient (Wildman–Crippen LogP) is 2.15. The second-order valence-corrected chi connectivity index (χ2v) is 3.73. The molecule has 2 nitrogen and oxygen atoms in total. The van der Waals surface area contributed by atoms with E-state index >= 15 is 0 Å². The van der Waals surface area contributed by atoms with Crippen molar-refractivity contribution in [1.82, 2.24) is 0 Å². The predicted molar refractivity (Wildman–Crippen MR) is 48.6 cm³/mol. The van der Waals surface area contributed by atoms with Gasteiger partial charge in [0.1, 0.15) is 0 Å². The van der Waals surface area contributed by atoms with Gasteiger partial charge in [-0.15, -0.1) is 11.3 Å². The van der Waals surface area contributed by atoms with Gasteiger partial charge in [0, 0.05) is 10.8 Å². The minimum absolute atomic E-state index is 0.634. The van der Waals surface area contributed by atoms with Gasteiger partial charge in [0.25, 0.3) is 0 Å². The molecule has 0 atom stereocenters. The third-order valence-corrected chi connectivity index (χ3v) is 2.62. The summed E-state index contributed by atoms with van der Waals surface area (Å²) in [5.74, 6) is 3.38. The van der Waals surface area contributed by atoms with Gasteiger partial charge in [-0.05, 0) is 18.9 Å². The number of carboxylic acid groups (broad SMARTS) is 1. The summed E-state index contributed by atoms with van der Waals surface area (Å²) < 4.78 is 0. The molecule has 1 rings (SSSR count). The van der Waals surface area contributed by atoms with E-state index in [1.807, 2.05) is 12.8 Å². The zero-order valence-corrected chi connectivity index (χ0v) is 7.79. The van der Waals surface area contributed by atoms with E-state index in [2.05, 4.69) is 5.92 Å². The molecule has 0 amide bonds. The quantitative estimate of drug-likeness (QED) is 0.652. The zero-order valence-electron chi connectivity index (χ0n) is 6.22. The third kappa shape index (κ3) is 2.26. The molecule has 0 saturated heterocycles. The Balaban J connectivity index is 2.93. The van der Waals surface area contributed by atoms with Crippen LogP contribution in [0.5, 0.6) is 0 Å². The number of rotatable bonds is 0. The Bertz CT molecular complexity index is 351. The van der Waals surface area contributed by atoms with Crippen LogP contribution in [0.3, 0.4) is 0 Å². The molecule has 0 fully saturated rings. The molecule has 0 unspecified atom stereocenters. The third-order valence-electron chi connectivity index (χ3n) is 1.15. The molecule has 0 saturated carbocycles. The Morgan fingerprint density at radius 3 is 2.83 bits per heavy atom. The first-order valence-electron chi connectivity index (χ1n) is 3.10. The molecule has 0 aliphatic heterocycles. The largest absolute Gasteiger partial charge is 0.472 e. The molecule has 0 spiro atoms. The van der Waals surface area contributed by atoms with E-state index < -0.39 is 5.97 Å². The highest BCUT2D eigenvalue weighted by Crippen LogP contribution is 2.24. The summed E-state index contributed by atoms with van der Waals surface area (Å²) in [5, 5.41) is 8.88. The van der Waals surface area contributed by atoms with Crippen LogP contribution >= 0.6 is 22.9 Å². The van der Waals surface area contributed by atoms with Crippen molar-refractivity contribution in [3.05, 3.63) is 20.8 Å². The lowest BCUT2D eigenvalue weighted by atomic mass is 10.4. The first-order chi connectivity index (χ1) is 5.59. The fraction of sp³-hybridized carbons (Fsp3) is 0.125. The number of hydrogen-bond donors (Lipinski definition) is 1. The maximum atomic E-state index is 10.1. The monoisotopic (exact) mass is 200 g/mol. The average Bonchev–Trinajstić information content (AvgIpc) is 2.28. The van der Waals surface area contributed by atoms with Crippen molar-refractivity contribution in [1.29, 1.82) is 0 Å². The van der Waals surface area contributed by atoms with Crippen molar-refractivity contribution in [3.8, 4) is 11.8 Å². The highest BCUT2D eigenvalue weighted by Gasteiger charge is 1.99. The molecule has 4 heteroatoms. The molecule has 1 aromatic heterocycles. The fourth-order valence-electron chi connectivity index (χ4n) is 0.637. The molecule has 0 aliphatic rings. The van der Waals surface area contributed by atoms with Gasteiger partial charge in [0.05, 0.1) is 9.90 Å². The molecule has 1 aromatic rings. The van der Waals surface area contributed by atoms with Crippen LogP contribution in [0.15, 0.2) is 6.07 Å². The molecule has 1 N–H and O–H groups in total.